The quantitative estimate of drug-likeness (QED) is 0.632. The highest BCUT2D eigenvalue weighted by molar-refractivity contribution is 7.89. The van der Waals surface area contributed by atoms with Crippen LogP contribution >= 0.6 is 12.4 Å². The molecule has 1 aromatic rings. The summed E-state index contributed by atoms with van der Waals surface area (Å²) in [5, 5.41) is 6.20. The van der Waals surface area contributed by atoms with Crippen LogP contribution in [0.2, 0.25) is 0 Å². The molecule has 1 aromatic carbocycles. The predicted molar refractivity (Wildman–Crippen MR) is 102 cm³/mol. The summed E-state index contributed by atoms with van der Waals surface area (Å²) in [4.78, 5) is 12.3. The Labute approximate surface area is 156 Å². The Kier molecular flexibility index (Phi) is 8.85. The monoisotopic (exact) mass is 389 g/mol. The van der Waals surface area contributed by atoms with Crippen molar-refractivity contribution >= 4 is 28.3 Å². The topological polar surface area (TPSA) is 87.3 Å². The lowest BCUT2D eigenvalue weighted by molar-refractivity contribution is 0.0951. The maximum absolute atomic E-state index is 12.1. The third-order valence-electron chi connectivity index (χ3n) is 4.11. The summed E-state index contributed by atoms with van der Waals surface area (Å²) < 4.78 is 26.8. The van der Waals surface area contributed by atoms with E-state index in [0.717, 1.165) is 25.9 Å². The van der Waals surface area contributed by atoms with Crippen molar-refractivity contribution in [3.05, 3.63) is 29.8 Å². The third-order valence-corrected chi connectivity index (χ3v) is 5.55. The van der Waals surface area contributed by atoms with Crippen LogP contribution in [0, 0.1) is 11.8 Å². The largest absolute Gasteiger partial charge is 0.352 e. The molecule has 0 aromatic heterocycles. The standard InChI is InChI=1S/C17H27N3O3S.ClH/c1-13(2)11-20-24(22,23)16-5-3-15(4-6-16)17(21)19-10-8-14-7-9-18-12-14;/h3-6,13-14,18,20H,7-12H2,1-2H3,(H,19,21);1H. The van der Waals surface area contributed by atoms with Crippen molar-refractivity contribution < 1.29 is 13.2 Å². The van der Waals surface area contributed by atoms with Gasteiger partial charge in [-0.1, -0.05) is 13.8 Å². The highest BCUT2D eigenvalue weighted by Crippen LogP contribution is 2.12. The molecule has 1 heterocycles. The number of sulfonamides is 1. The summed E-state index contributed by atoms with van der Waals surface area (Å²) in [6, 6.07) is 6.05. The Hall–Kier alpha value is -1.15. The number of nitrogens with one attached hydrogen (secondary N) is 3. The Bertz CT molecular complexity index is 642. The zero-order chi connectivity index (χ0) is 17.6. The number of hydrogen-bond donors (Lipinski definition) is 3. The van der Waals surface area contributed by atoms with Crippen LogP contribution in [-0.2, 0) is 10.0 Å². The van der Waals surface area contributed by atoms with E-state index in [2.05, 4.69) is 15.4 Å². The van der Waals surface area contributed by atoms with E-state index in [1.54, 1.807) is 12.1 Å². The van der Waals surface area contributed by atoms with E-state index >= 15 is 0 Å². The zero-order valence-electron chi connectivity index (χ0n) is 14.7. The number of hydrogen-bond acceptors (Lipinski definition) is 4. The second-order valence-corrected chi connectivity index (χ2v) is 8.44. The normalized spacial score (nSPS) is 17.3. The number of halogens is 1. The molecule has 0 aliphatic carbocycles. The molecule has 1 saturated heterocycles. The molecule has 1 unspecified atom stereocenters. The molecule has 25 heavy (non-hydrogen) atoms. The molecule has 3 N–H and O–H groups in total. The van der Waals surface area contributed by atoms with Gasteiger partial charge in [0.05, 0.1) is 4.90 Å². The summed E-state index contributed by atoms with van der Waals surface area (Å²) in [6.45, 7) is 6.99. The van der Waals surface area contributed by atoms with E-state index in [9.17, 15) is 13.2 Å². The molecule has 142 valence electrons. The number of carbonyl (C=O) groups excluding carboxylic acids is 1. The summed E-state index contributed by atoms with van der Waals surface area (Å²) in [7, 11) is -3.51. The summed E-state index contributed by atoms with van der Waals surface area (Å²) in [6.07, 6.45) is 2.12. The van der Waals surface area contributed by atoms with Crippen LogP contribution in [0.4, 0.5) is 0 Å². The molecule has 0 radical (unpaired) electrons. The van der Waals surface area contributed by atoms with Crippen LogP contribution in [0.1, 0.15) is 37.0 Å². The number of benzene rings is 1. The van der Waals surface area contributed by atoms with Crippen molar-refractivity contribution in [2.75, 3.05) is 26.2 Å². The minimum Gasteiger partial charge on any atom is -0.352 e. The summed E-state index contributed by atoms with van der Waals surface area (Å²) in [5.74, 6) is 0.699. The molecular formula is C17H28ClN3O3S. The van der Waals surface area contributed by atoms with Crippen molar-refractivity contribution in [1.82, 2.24) is 15.4 Å². The molecule has 8 heteroatoms. The van der Waals surface area contributed by atoms with Gasteiger partial charge in [-0.2, -0.15) is 0 Å². The van der Waals surface area contributed by atoms with E-state index in [0.29, 0.717) is 24.6 Å². The van der Waals surface area contributed by atoms with Gasteiger partial charge in [-0.15, -0.1) is 12.4 Å². The lowest BCUT2D eigenvalue weighted by Gasteiger charge is -2.11. The first-order valence-corrected chi connectivity index (χ1v) is 9.95. The van der Waals surface area contributed by atoms with Crippen molar-refractivity contribution in [1.29, 1.82) is 0 Å². The fraction of sp³-hybridized carbons (Fsp3) is 0.588. The fourth-order valence-corrected chi connectivity index (χ4v) is 3.81. The smallest absolute Gasteiger partial charge is 0.251 e. The number of carbonyl (C=O) groups is 1. The van der Waals surface area contributed by atoms with E-state index in [-0.39, 0.29) is 29.1 Å². The van der Waals surface area contributed by atoms with Crippen molar-refractivity contribution in [3.8, 4) is 0 Å². The van der Waals surface area contributed by atoms with Crippen LogP contribution in [0.25, 0.3) is 0 Å². The molecule has 0 saturated carbocycles. The summed E-state index contributed by atoms with van der Waals surface area (Å²) >= 11 is 0. The maximum Gasteiger partial charge on any atom is 0.251 e. The van der Waals surface area contributed by atoms with Gasteiger partial charge < -0.3 is 10.6 Å². The number of rotatable bonds is 8. The lowest BCUT2D eigenvalue weighted by atomic mass is 10.1. The highest BCUT2D eigenvalue weighted by atomic mass is 35.5. The summed E-state index contributed by atoms with van der Waals surface area (Å²) in [5.41, 5.74) is 0.474. The number of amides is 1. The van der Waals surface area contributed by atoms with Crippen LogP contribution < -0.4 is 15.4 Å². The SMILES string of the molecule is CC(C)CNS(=O)(=O)c1ccc(C(=O)NCCC2CCNC2)cc1.Cl. The zero-order valence-corrected chi connectivity index (χ0v) is 16.4. The van der Waals surface area contributed by atoms with Gasteiger partial charge in [0.25, 0.3) is 5.91 Å². The molecule has 0 spiro atoms. The van der Waals surface area contributed by atoms with Gasteiger partial charge in [0.15, 0.2) is 0 Å². The second-order valence-electron chi connectivity index (χ2n) is 6.67. The first-order valence-electron chi connectivity index (χ1n) is 8.47. The maximum atomic E-state index is 12.1. The van der Waals surface area contributed by atoms with Gasteiger partial charge in [-0.25, -0.2) is 13.1 Å². The predicted octanol–water partition coefficient (Wildman–Crippen LogP) is 1.77. The minimum absolute atomic E-state index is 0. The Morgan fingerprint density at radius 2 is 1.96 bits per heavy atom. The molecule has 0 bridgehead atoms. The lowest BCUT2D eigenvalue weighted by Crippen LogP contribution is -2.28. The minimum atomic E-state index is -3.51. The van der Waals surface area contributed by atoms with Crippen LogP contribution in [0.15, 0.2) is 29.2 Å². The van der Waals surface area contributed by atoms with Gasteiger partial charge in [0.1, 0.15) is 0 Å². The molecular weight excluding hydrogens is 362 g/mol. The van der Waals surface area contributed by atoms with E-state index in [4.69, 9.17) is 0 Å². The van der Waals surface area contributed by atoms with Gasteiger partial charge in [0.2, 0.25) is 10.0 Å². The molecule has 1 aliphatic rings. The van der Waals surface area contributed by atoms with Gasteiger partial charge in [0, 0.05) is 18.7 Å². The first kappa shape index (κ1) is 21.9. The van der Waals surface area contributed by atoms with Crippen molar-refractivity contribution in [2.24, 2.45) is 11.8 Å². The van der Waals surface area contributed by atoms with E-state index in [1.807, 2.05) is 13.8 Å². The van der Waals surface area contributed by atoms with Gasteiger partial charge in [-0.3, -0.25) is 4.79 Å². The Morgan fingerprint density at radius 1 is 1.28 bits per heavy atom. The van der Waals surface area contributed by atoms with Crippen LogP contribution in [0.3, 0.4) is 0 Å². The molecule has 1 atom stereocenters. The molecule has 1 fully saturated rings. The molecule has 2 rings (SSSR count). The van der Waals surface area contributed by atoms with Crippen molar-refractivity contribution in [3.63, 3.8) is 0 Å². The van der Waals surface area contributed by atoms with E-state index in [1.165, 1.54) is 12.1 Å². The third kappa shape index (κ3) is 6.93. The Balaban J connectivity index is 0.00000312. The first-order chi connectivity index (χ1) is 11.4. The fourth-order valence-electron chi connectivity index (χ4n) is 2.60. The highest BCUT2D eigenvalue weighted by Gasteiger charge is 2.16. The van der Waals surface area contributed by atoms with Gasteiger partial charge >= 0.3 is 0 Å². The van der Waals surface area contributed by atoms with Crippen LogP contribution in [-0.4, -0.2) is 40.5 Å². The van der Waals surface area contributed by atoms with Gasteiger partial charge in [-0.05, 0) is 62.0 Å². The molecule has 6 nitrogen and oxygen atoms in total. The average molecular weight is 390 g/mol. The second kappa shape index (κ2) is 10.1. The Morgan fingerprint density at radius 3 is 2.52 bits per heavy atom. The van der Waals surface area contributed by atoms with Crippen LogP contribution in [0.5, 0.6) is 0 Å². The molecule has 1 amide bonds. The average Bonchev–Trinajstić information content (AvgIpc) is 3.06. The molecule has 1 aliphatic heterocycles. The van der Waals surface area contributed by atoms with Crippen molar-refractivity contribution in [2.45, 2.75) is 31.6 Å². The van der Waals surface area contributed by atoms with E-state index < -0.39 is 10.0 Å².